The number of urea groups is 1. The van der Waals surface area contributed by atoms with Crippen LogP contribution in [-0.2, 0) is 6.54 Å². The van der Waals surface area contributed by atoms with Crippen LogP contribution in [0.1, 0.15) is 22.9 Å². The zero-order chi connectivity index (χ0) is 15.5. The summed E-state index contributed by atoms with van der Waals surface area (Å²) in [6, 6.07) is 11.5. The zero-order valence-electron chi connectivity index (χ0n) is 12.2. The first-order chi connectivity index (χ1) is 10.6. The van der Waals surface area contributed by atoms with Crippen molar-refractivity contribution in [2.75, 3.05) is 13.7 Å². The van der Waals surface area contributed by atoms with Crippen molar-refractivity contribution in [3.05, 3.63) is 51.2 Å². The van der Waals surface area contributed by atoms with E-state index in [0.717, 1.165) is 26.9 Å². The smallest absolute Gasteiger partial charge is 0.317 e. The van der Waals surface area contributed by atoms with Gasteiger partial charge in [-0.3, -0.25) is 0 Å². The number of hydrogen-bond acceptors (Lipinski definition) is 3. The van der Waals surface area contributed by atoms with Crippen LogP contribution < -0.4 is 10.1 Å². The molecule has 22 heavy (non-hydrogen) atoms. The van der Waals surface area contributed by atoms with Crippen molar-refractivity contribution in [1.82, 2.24) is 10.2 Å². The summed E-state index contributed by atoms with van der Waals surface area (Å²) in [5, 5.41) is 3.08. The molecular formula is C16H17ClN2O2S. The van der Waals surface area contributed by atoms with Gasteiger partial charge in [0.25, 0.3) is 0 Å². The number of halogens is 1. The largest absolute Gasteiger partial charge is 0.493 e. The first-order valence-corrected chi connectivity index (χ1v) is 8.30. The highest BCUT2D eigenvalue weighted by atomic mass is 35.5. The van der Waals surface area contributed by atoms with Crippen molar-refractivity contribution >= 4 is 29.0 Å². The number of benzene rings is 1. The highest BCUT2D eigenvalue weighted by molar-refractivity contribution is 7.16. The number of carbonyl (C=O) groups is 1. The number of carbonyl (C=O) groups excluding carboxylic acids is 1. The average Bonchev–Trinajstić information content (AvgIpc) is 2.92. The molecule has 1 atom stereocenters. The summed E-state index contributed by atoms with van der Waals surface area (Å²) in [7, 11) is 1.79. The van der Waals surface area contributed by atoms with Gasteiger partial charge in [-0.15, -0.1) is 11.3 Å². The van der Waals surface area contributed by atoms with E-state index in [1.807, 2.05) is 36.4 Å². The van der Waals surface area contributed by atoms with E-state index in [4.69, 9.17) is 16.3 Å². The van der Waals surface area contributed by atoms with Gasteiger partial charge in [0.1, 0.15) is 5.75 Å². The van der Waals surface area contributed by atoms with Crippen molar-refractivity contribution < 1.29 is 9.53 Å². The molecule has 1 aliphatic heterocycles. The molecule has 116 valence electrons. The Morgan fingerprint density at radius 3 is 3.00 bits per heavy atom. The Morgan fingerprint density at radius 2 is 2.23 bits per heavy atom. The molecule has 0 fully saturated rings. The molecule has 0 radical (unpaired) electrons. The van der Waals surface area contributed by atoms with E-state index in [1.165, 1.54) is 11.3 Å². The number of fused-ring (bicyclic) bond motifs is 1. The molecular weight excluding hydrogens is 320 g/mol. The minimum atomic E-state index is -0.0915. The quantitative estimate of drug-likeness (QED) is 0.918. The molecule has 1 aliphatic rings. The van der Waals surface area contributed by atoms with Crippen LogP contribution in [0.3, 0.4) is 0 Å². The lowest BCUT2D eigenvalue weighted by Crippen LogP contribution is -2.40. The van der Waals surface area contributed by atoms with Crippen LogP contribution in [-0.4, -0.2) is 24.6 Å². The first kappa shape index (κ1) is 15.2. The predicted octanol–water partition coefficient (Wildman–Crippen LogP) is 4.07. The summed E-state index contributed by atoms with van der Waals surface area (Å²) in [5.41, 5.74) is 1.04. The van der Waals surface area contributed by atoms with Crippen molar-refractivity contribution in [3.8, 4) is 5.75 Å². The molecule has 2 aromatic rings. The van der Waals surface area contributed by atoms with Gasteiger partial charge in [-0.2, -0.15) is 0 Å². The lowest BCUT2D eigenvalue weighted by molar-refractivity contribution is 0.194. The Balaban J connectivity index is 1.64. The maximum absolute atomic E-state index is 12.4. The number of para-hydroxylation sites is 1. The van der Waals surface area contributed by atoms with E-state index in [1.54, 1.807) is 11.9 Å². The van der Waals surface area contributed by atoms with Gasteiger partial charge >= 0.3 is 6.03 Å². The maximum Gasteiger partial charge on any atom is 0.317 e. The molecule has 0 unspecified atom stereocenters. The fraction of sp³-hybridized carbons (Fsp3) is 0.312. The van der Waals surface area contributed by atoms with Gasteiger partial charge in [-0.25, -0.2) is 4.79 Å². The third-order valence-corrected chi connectivity index (χ3v) is 4.84. The number of nitrogens with zero attached hydrogens (tertiary/aromatic N) is 1. The van der Waals surface area contributed by atoms with Crippen LogP contribution in [0.5, 0.6) is 5.75 Å². The van der Waals surface area contributed by atoms with E-state index >= 15 is 0 Å². The number of ether oxygens (including phenoxy) is 1. The minimum absolute atomic E-state index is 0.00757. The van der Waals surface area contributed by atoms with Gasteiger partial charge in [-0.1, -0.05) is 29.8 Å². The van der Waals surface area contributed by atoms with Crippen LogP contribution in [0, 0.1) is 0 Å². The molecule has 2 heterocycles. The van der Waals surface area contributed by atoms with Crippen LogP contribution in [0.2, 0.25) is 4.34 Å². The SMILES string of the molecule is CN(Cc1ccc(Cl)s1)C(=O)N[C@@H]1CCOc2ccccc21. The molecule has 6 heteroatoms. The normalized spacial score (nSPS) is 16.5. The standard InChI is InChI=1S/C16H17ClN2O2S/c1-19(10-11-6-7-15(17)22-11)16(20)18-13-8-9-21-14-5-3-2-4-12(13)14/h2-7,13H,8-10H2,1H3,(H,18,20)/t13-/m1/s1. The number of hydrogen-bond donors (Lipinski definition) is 1. The van der Waals surface area contributed by atoms with Crippen LogP contribution in [0.4, 0.5) is 4.79 Å². The molecule has 1 aromatic heterocycles. The maximum atomic E-state index is 12.4. The molecule has 1 aromatic carbocycles. The summed E-state index contributed by atoms with van der Waals surface area (Å²) in [6.07, 6.45) is 0.779. The lowest BCUT2D eigenvalue weighted by Gasteiger charge is -2.28. The number of thiophene rings is 1. The third kappa shape index (κ3) is 3.36. The van der Waals surface area contributed by atoms with Crippen LogP contribution in [0.15, 0.2) is 36.4 Å². The lowest BCUT2D eigenvalue weighted by atomic mass is 10.0. The highest BCUT2D eigenvalue weighted by Crippen LogP contribution is 2.31. The first-order valence-electron chi connectivity index (χ1n) is 7.11. The van der Waals surface area contributed by atoms with E-state index in [-0.39, 0.29) is 12.1 Å². The Bertz CT molecular complexity index is 674. The number of rotatable bonds is 3. The van der Waals surface area contributed by atoms with Crippen molar-refractivity contribution in [2.24, 2.45) is 0 Å². The second kappa shape index (κ2) is 6.58. The number of nitrogens with one attached hydrogen (secondary N) is 1. The summed E-state index contributed by atoms with van der Waals surface area (Å²) in [6.45, 7) is 1.17. The molecule has 1 N–H and O–H groups in total. The predicted molar refractivity (Wildman–Crippen MR) is 88.6 cm³/mol. The summed E-state index contributed by atoms with van der Waals surface area (Å²) in [5.74, 6) is 0.853. The highest BCUT2D eigenvalue weighted by Gasteiger charge is 2.23. The second-order valence-electron chi connectivity index (χ2n) is 5.24. The van der Waals surface area contributed by atoms with E-state index < -0.39 is 0 Å². The van der Waals surface area contributed by atoms with Gasteiger partial charge in [0.2, 0.25) is 0 Å². The van der Waals surface area contributed by atoms with Gasteiger partial charge in [0.05, 0.1) is 23.5 Å². The monoisotopic (exact) mass is 336 g/mol. The second-order valence-corrected chi connectivity index (χ2v) is 7.04. The Labute approximate surface area is 138 Å². The van der Waals surface area contributed by atoms with E-state index in [2.05, 4.69) is 5.32 Å². The minimum Gasteiger partial charge on any atom is -0.493 e. The summed E-state index contributed by atoms with van der Waals surface area (Å²) >= 11 is 7.41. The van der Waals surface area contributed by atoms with Gasteiger partial charge in [0, 0.05) is 23.9 Å². The van der Waals surface area contributed by atoms with Crippen molar-refractivity contribution in [2.45, 2.75) is 19.0 Å². The topological polar surface area (TPSA) is 41.6 Å². The third-order valence-electron chi connectivity index (χ3n) is 3.62. The molecule has 0 bridgehead atoms. The Hall–Kier alpha value is -1.72. The van der Waals surface area contributed by atoms with Crippen LogP contribution >= 0.6 is 22.9 Å². The fourth-order valence-electron chi connectivity index (χ4n) is 2.49. The summed E-state index contributed by atoms with van der Waals surface area (Å²) < 4.78 is 6.35. The summed E-state index contributed by atoms with van der Waals surface area (Å²) in [4.78, 5) is 15.1. The zero-order valence-corrected chi connectivity index (χ0v) is 13.8. The fourth-order valence-corrected chi connectivity index (χ4v) is 3.63. The van der Waals surface area contributed by atoms with Gasteiger partial charge in [-0.05, 0) is 18.2 Å². The van der Waals surface area contributed by atoms with E-state index in [9.17, 15) is 4.79 Å². The van der Waals surface area contributed by atoms with Crippen molar-refractivity contribution in [1.29, 1.82) is 0 Å². The molecule has 3 rings (SSSR count). The molecule has 0 aliphatic carbocycles. The van der Waals surface area contributed by atoms with Crippen molar-refractivity contribution in [3.63, 3.8) is 0 Å². The van der Waals surface area contributed by atoms with Crippen LogP contribution in [0.25, 0.3) is 0 Å². The van der Waals surface area contributed by atoms with Gasteiger partial charge < -0.3 is 15.0 Å². The van der Waals surface area contributed by atoms with E-state index in [0.29, 0.717) is 13.2 Å². The average molecular weight is 337 g/mol. The molecule has 0 saturated heterocycles. The molecule has 0 spiro atoms. The Kier molecular flexibility index (Phi) is 4.55. The number of amides is 2. The molecule has 0 saturated carbocycles. The molecule has 4 nitrogen and oxygen atoms in total. The molecule has 2 amide bonds. The van der Waals surface area contributed by atoms with Gasteiger partial charge in [0.15, 0.2) is 0 Å². The Morgan fingerprint density at radius 1 is 1.41 bits per heavy atom.